The lowest BCUT2D eigenvalue weighted by Gasteiger charge is -2.32. The highest BCUT2D eigenvalue weighted by atomic mass is 32.2. The summed E-state index contributed by atoms with van der Waals surface area (Å²) < 4.78 is 40.4. The highest BCUT2D eigenvalue weighted by Crippen LogP contribution is 2.19. The Morgan fingerprint density at radius 1 is 1.03 bits per heavy atom. The molecule has 9 heteroatoms. The summed E-state index contributed by atoms with van der Waals surface area (Å²) in [4.78, 5) is 27.8. The SMILES string of the molecule is Cc1ccc(S(=O)(=O)N(C)CC(=O)N(Cc2ccc(F)cc2)C(C)C(=O)NC2CCCCC2)cc1. The number of carbonyl (C=O) groups is 2. The summed E-state index contributed by atoms with van der Waals surface area (Å²) in [5.74, 6) is -1.20. The average molecular weight is 504 g/mol. The predicted octanol–water partition coefficient (Wildman–Crippen LogP) is 3.62. The van der Waals surface area contributed by atoms with E-state index in [1.54, 1.807) is 31.2 Å². The lowest BCUT2D eigenvalue weighted by atomic mass is 9.95. The van der Waals surface area contributed by atoms with E-state index in [0.29, 0.717) is 5.56 Å². The van der Waals surface area contributed by atoms with Crippen LogP contribution in [0, 0.1) is 12.7 Å². The minimum absolute atomic E-state index is 0.0524. The third kappa shape index (κ3) is 7.11. The zero-order valence-electron chi connectivity index (χ0n) is 20.5. The molecule has 0 heterocycles. The van der Waals surface area contributed by atoms with Crippen LogP contribution in [0.2, 0.25) is 0 Å². The average Bonchev–Trinajstić information content (AvgIpc) is 2.84. The van der Waals surface area contributed by atoms with Gasteiger partial charge in [0.05, 0.1) is 11.4 Å². The molecule has 1 atom stereocenters. The fourth-order valence-electron chi connectivity index (χ4n) is 4.19. The molecular weight excluding hydrogens is 469 g/mol. The van der Waals surface area contributed by atoms with Crippen molar-refractivity contribution in [3.05, 3.63) is 65.5 Å². The van der Waals surface area contributed by atoms with Gasteiger partial charge in [-0.25, -0.2) is 12.8 Å². The number of nitrogens with zero attached hydrogens (tertiary/aromatic N) is 2. The van der Waals surface area contributed by atoms with E-state index in [1.807, 2.05) is 6.92 Å². The summed E-state index contributed by atoms with van der Waals surface area (Å²) in [5, 5.41) is 3.04. The Bertz CT molecular complexity index is 1110. The van der Waals surface area contributed by atoms with Crippen molar-refractivity contribution < 1.29 is 22.4 Å². The molecule has 2 aromatic carbocycles. The van der Waals surface area contributed by atoms with Gasteiger partial charge in [0.1, 0.15) is 11.9 Å². The van der Waals surface area contributed by atoms with Gasteiger partial charge in [0.2, 0.25) is 21.8 Å². The molecule has 7 nitrogen and oxygen atoms in total. The first-order valence-corrected chi connectivity index (χ1v) is 13.4. The van der Waals surface area contributed by atoms with E-state index < -0.39 is 34.3 Å². The highest BCUT2D eigenvalue weighted by molar-refractivity contribution is 7.89. The number of nitrogens with one attached hydrogen (secondary N) is 1. The van der Waals surface area contributed by atoms with E-state index in [2.05, 4.69) is 5.32 Å². The molecule has 0 radical (unpaired) electrons. The number of benzene rings is 2. The molecule has 1 saturated carbocycles. The number of rotatable bonds is 9. The third-order valence-corrected chi connectivity index (χ3v) is 8.29. The maximum absolute atomic E-state index is 13.4. The first-order chi connectivity index (χ1) is 16.6. The van der Waals surface area contributed by atoms with Gasteiger partial charge in [-0.2, -0.15) is 4.31 Å². The number of hydrogen-bond donors (Lipinski definition) is 1. The monoisotopic (exact) mass is 503 g/mol. The molecule has 1 unspecified atom stereocenters. The lowest BCUT2D eigenvalue weighted by molar-refractivity contribution is -0.141. The molecule has 0 aromatic heterocycles. The number of amides is 2. The number of hydrogen-bond acceptors (Lipinski definition) is 4. The molecule has 2 aromatic rings. The van der Waals surface area contributed by atoms with Gasteiger partial charge in [0, 0.05) is 19.6 Å². The largest absolute Gasteiger partial charge is 0.352 e. The summed E-state index contributed by atoms with van der Waals surface area (Å²) >= 11 is 0. The second-order valence-electron chi connectivity index (χ2n) is 9.24. The van der Waals surface area contributed by atoms with Gasteiger partial charge in [0.15, 0.2) is 0 Å². The zero-order valence-corrected chi connectivity index (χ0v) is 21.4. The van der Waals surface area contributed by atoms with Crippen LogP contribution < -0.4 is 5.32 Å². The van der Waals surface area contributed by atoms with Crippen molar-refractivity contribution in [1.82, 2.24) is 14.5 Å². The van der Waals surface area contributed by atoms with Crippen LogP contribution >= 0.6 is 0 Å². The Morgan fingerprint density at radius 2 is 1.63 bits per heavy atom. The fourth-order valence-corrected chi connectivity index (χ4v) is 5.31. The van der Waals surface area contributed by atoms with Crippen LogP contribution in [0.5, 0.6) is 0 Å². The predicted molar refractivity (Wildman–Crippen MR) is 132 cm³/mol. The molecule has 0 aliphatic heterocycles. The number of likely N-dealkylation sites (N-methyl/N-ethyl adjacent to an activating group) is 1. The van der Waals surface area contributed by atoms with Crippen molar-refractivity contribution >= 4 is 21.8 Å². The van der Waals surface area contributed by atoms with Crippen LogP contribution in [-0.4, -0.2) is 55.1 Å². The van der Waals surface area contributed by atoms with Gasteiger partial charge in [0.25, 0.3) is 0 Å². The first kappa shape index (κ1) is 26.8. The second kappa shape index (κ2) is 11.8. The van der Waals surface area contributed by atoms with Crippen LogP contribution in [0.15, 0.2) is 53.4 Å². The molecule has 1 aliphatic carbocycles. The number of halogens is 1. The van der Waals surface area contributed by atoms with Crippen molar-refractivity contribution in [2.24, 2.45) is 0 Å². The Hall–Kier alpha value is -2.78. The van der Waals surface area contributed by atoms with Gasteiger partial charge in [-0.1, -0.05) is 49.1 Å². The van der Waals surface area contributed by atoms with Crippen LogP contribution in [-0.2, 0) is 26.2 Å². The van der Waals surface area contributed by atoms with Gasteiger partial charge >= 0.3 is 0 Å². The van der Waals surface area contributed by atoms with Crippen molar-refractivity contribution in [3.8, 4) is 0 Å². The van der Waals surface area contributed by atoms with E-state index in [9.17, 15) is 22.4 Å². The highest BCUT2D eigenvalue weighted by Gasteiger charge is 2.31. The molecule has 1 fully saturated rings. The van der Waals surface area contributed by atoms with Crippen LogP contribution in [0.4, 0.5) is 4.39 Å². The van der Waals surface area contributed by atoms with Gasteiger partial charge in [-0.15, -0.1) is 0 Å². The summed E-state index contributed by atoms with van der Waals surface area (Å²) in [6, 6.07) is 11.3. The Balaban J connectivity index is 1.78. The van der Waals surface area contributed by atoms with Gasteiger partial charge in [-0.3, -0.25) is 9.59 Å². The zero-order chi connectivity index (χ0) is 25.6. The van der Waals surface area contributed by atoms with E-state index in [-0.39, 0.29) is 23.4 Å². The first-order valence-electron chi connectivity index (χ1n) is 11.9. The number of aryl methyl sites for hydroxylation is 1. The standard InChI is InChI=1S/C26H34FN3O4S/c1-19-9-15-24(16-10-19)35(33,34)29(3)18-25(31)30(17-21-11-13-22(27)14-12-21)20(2)26(32)28-23-7-5-4-6-8-23/h9-16,20,23H,4-8,17-18H2,1-3H3,(H,28,32). The summed E-state index contributed by atoms with van der Waals surface area (Å²) in [6.07, 6.45) is 5.07. The van der Waals surface area contributed by atoms with E-state index in [4.69, 9.17) is 0 Å². The normalized spacial score (nSPS) is 15.6. The van der Waals surface area contributed by atoms with Crippen LogP contribution in [0.3, 0.4) is 0 Å². The van der Waals surface area contributed by atoms with E-state index in [0.717, 1.165) is 42.0 Å². The minimum Gasteiger partial charge on any atom is -0.352 e. The second-order valence-corrected chi connectivity index (χ2v) is 11.3. The molecule has 2 amide bonds. The minimum atomic E-state index is -3.90. The van der Waals surface area contributed by atoms with Crippen LogP contribution in [0.25, 0.3) is 0 Å². The molecule has 0 spiro atoms. The van der Waals surface area contributed by atoms with Crippen molar-refractivity contribution in [3.63, 3.8) is 0 Å². The van der Waals surface area contributed by atoms with Crippen molar-refractivity contribution in [1.29, 1.82) is 0 Å². The maximum Gasteiger partial charge on any atom is 0.243 e. The summed E-state index contributed by atoms with van der Waals surface area (Å²) in [5.41, 5.74) is 1.56. The molecule has 1 N–H and O–H groups in total. The molecule has 0 bridgehead atoms. The van der Waals surface area contributed by atoms with Crippen molar-refractivity contribution in [2.75, 3.05) is 13.6 Å². The molecule has 0 saturated heterocycles. The molecule has 190 valence electrons. The third-order valence-electron chi connectivity index (χ3n) is 6.47. The van der Waals surface area contributed by atoms with Crippen LogP contribution in [0.1, 0.15) is 50.2 Å². The number of carbonyl (C=O) groups excluding carboxylic acids is 2. The molecular formula is C26H34FN3O4S. The van der Waals surface area contributed by atoms with Gasteiger partial charge in [-0.05, 0) is 56.5 Å². The number of sulfonamides is 1. The molecule has 35 heavy (non-hydrogen) atoms. The summed E-state index contributed by atoms with van der Waals surface area (Å²) in [7, 11) is -2.55. The van der Waals surface area contributed by atoms with Gasteiger partial charge < -0.3 is 10.2 Å². The smallest absolute Gasteiger partial charge is 0.243 e. The van der Waals surface area contributed by atoms with E-state index >= 15 is 0 Å². The Kier molecular flexibility index (Phi) is 9.02. The quantitative estimate of drug-likeness (QED) is 0.566. The fraction of sp³-hybridized carbons (Fsp3) is 0.462. The topological polar surface area (TPSA) is 86.8 Å². The van der Waals surface area contributed by atoms with E-state index in [1.165, 1.54) is 36.2 Å². The molecule has 3 rings (SSSR count). The molecule has 1 aliphatic rings. The lowest BCUT2D eigenvalue weighted by Crippen LogP contribution is -2.52. The summed E-state index contributed by atoms with van der Waals surface area (Å²) in [6.45, 7) is 3.11. The Morgan fingerprint density at radius 3 is 2.23 bits per heavy atom. The van der Waals surface area contributed by atoms with Crippen molar-refractivity contribution in [2.45, 2.75) is 69.5 Å². The maximum atomic E-state index is 13.4. The Labute approximate surface area is 207 Å².